The van der Waals surface area contributed by atoms with Crippen LogP contribution in [-0.2, 0) is 6.54 Å². The second-order valence-electron chi connectivity index (χ2n) is 6.23. The van der Waals surface area contributed by atoms with Crippen molar-refractivity contribution in [2.24, 2.45) is 0 Å². The Labute approximate surface area is 166 Å². The molecule has 0 saturated heterocycles. The number of hydrogen-bond acceptors (Lipinski definition) is 5. The molecule has 5 nitrogen and oxygen atoms in total. The van der Waals surface area contributed by atoms with E-state index >= 15 is 0 Å². The van der Waals surface area contributed by atoms with Crippen LogP contribution in [0.1, 0.15) is 5.56 Å². The quantitative estimate of drug-likeness (QED) is 0.329. The van der Waals surface area contributed by atoms with Crippen molar-refractivity contribution in [2.75, 3.05) is 5.32 Å². The highest BCUT2D eigenvalue weighted by Crippen LogP contribution is 2.37. The van der Waals surface area contributed by atoms with E-state index in [9.17, 15) is 10.1 Å². The van der Waals surface area contributed by atoms with Crippen LogP contribution in [0.4, 0.5) is 11.4 Å². The Kier molecular flexibility index (Phi) is 5.21. The van der Waals surface area contributed by atoms with E-state index in [2.05, 4.69) is 10.3 Å². The first-order valence-electron chi connectivity index (χ1n) is 8.77. The van der Waals surface area contributed by atoms with E-state index in [0.29, 0.717) is 12.2 Å². The van der Waals surface area contributed by atoms with Gasteiger partial charge in [0.25, 0.3) is 5.69 Å². The van der Waals surface area contributed by atoms with Crippen LogP contribution in [0.25, 0.3) is 10.8 Å². The first kappa shape index (κ1) is 18.0. The van der Waals surface area contributed by atoms with E-state index < -0.39 is 0 Å². The van der Waals surface area contributed by atoms with Gasteiger partial charge in [0.2, 0.25) is 0 Å². The fraction of sp³-hybridized carbons (Fsp3) is 0.0455. The fourth-order valence-electron chi connectivity index (χ4n) is 2.98. The smallest absolute Gasteiger partial charge is 0.292 e. The lowest BCUT2D eigenvalue weighted by molar-refractivity contribution is -0.384. The van der Waals surface area contributed by atoms with Crippen LogP contribution in [0.3, 0.4) is 0 Å². The summed E-state index contributed by atoms with van der Waals surface area (Å²) >= 11 is 1.58. The Balaban J connectivity index is 1.63. The van der Waals surface area contributed by atoms with Crippen LogP contribution in [-0.4, -0.2) is 9.91 Å². The molecule has 4 aromatic rings. The normalized spacial score (nSPS) is 10.7. The standard InChI is InChI=1S/C22H17N3O2S/c26-25(27)21-10-9-18(13-20(21)24-14-16-5-2-1-3-6-16)28-22-8-4-7-17-15-23-12-11-19(17)22/h1-13,15,24H,14H2. The van der Waals surface area contributed by atoms with Crippen LogP contribution in [0.15, 0.2) is 95.0 Å². The lowest BCUT2D eigenvalue weighted by Crippen LogP contribution is -2.02. The molecular weight excluding hydrogens is 370 g/mol. The monoisotopic (exact) mass is 387 g/mol. The van der Waals surface area contributed by atoms with Gasteiger partial charge in [-0.05, 0) is 35.2 Å². The van der Waals surface area contributed by atoms with Gasteiger partial charge < -0.3 is 5.32 Å². The summed E-state index contributed by atoms with van der Waals surface area (Å²) in [5.41, 5.74) is 1.65. The van der Waals surface area contributed by atoms with Crippen molar-refractivity contribution in [1.29, 1.82) is 0 Å². The van der Waals surface area contributed by atoms with Gasteiger partial charge in [-0.15, -0.1) is 0 Å². The minimum Gasteiger partial charge on any atom is -0.375 e. The van der Waals surface area contributed by atoms with Crippen LogP contribution in [0, 0.1) is 10.1 Å². The van der Waals surface area contributed by atoms with Gasteiger partial charge in [0.15, 0.2) is 0 Å². The average Bonchev–Trinajstić information content (AvgIpc) is 2.73. The number of hydrogen-bond donors (Lipinski definition) is 1. The lowest BCUT2D eigenvalue weighted by atomic mass is 10.2. The molecular formula is C22H17N3O2S. The van der Waals surface area contributed by atoms with Gasteiger partial charge in [0.05, 0.1) is 4.92 Å². The minimum atomic E-state index is -0.356. The molecule has 0 saturated carbocycles. The van der Waals surface area contributed by atoms with Gasteiger partial charge in [0, 0.05) is 40.2 Å². The predicted octanol–water partition coefficient (Wildman–Crippen LogP) is 5.91. The third-order valence-corrected chi connectivity index (χ3v) is 5.42. The van der Waals surface area contributed by atoms with Crippen molar-refractivity contribution < 1.29 is 4.92 Å². The highest BCUT2D eigenvalue weighted by Gasteiger charge is 2.15. The number of benzene rings is 3. The molecule has 1 heterocycles. The summed E-state index contributed by atoms with van der Waals surface area (Å²) in [6.45, 7) is 0.524. The molecule has 0 atom stereocenters. The number of aromatic nitrogens is 1. The maximum Gasteiger partial charge on any atom is 0.292 e. The Bertz CT molecular complexity index is 1130. The molecule has 138 valence electrons. The predicted molar refractivity (Wildman–Crippen MR) is 113 cm³/mol. The first-order chi connectivity index (χ1) is 13.7. The Morgan fingerprint density at radius 2 is 1.86 bits per heavy atom. The molecule has 3 aromatic carbocycles. The Hall–Kier alpha value is -3.38. The van der Waals surface area contributed by atoms with Gasteiger partial charge in [-0.25, -0.2) is 0 Å². The molecule has 0 spiro atoms. The molecule has 0 unspecified atom stereocenters. The molecule has 0 amide bonds. The molecule has 6 heteroatoms. The van der Waals surface area contributed by atoms with Crippen LogP contribution < -0.4 is 5.32 Å². The summed E-state index contributed by atoms with van der Waals surface area (Å²) in [5, 5.41) is 16.8. The zero-order valence-electron chi connectivity index (χ0n) is 14.9. The highest BCUT2D eigenvalue weighted by molar-refractivity contribution is 7.99. The number of rotatable bonds is 6. The Morgan fingerprint density at radius 3 is 2.68 bits per heavy atom. The maximum absolute atomic E-state index is 11.4. The zero-order chi connectivity index (χ0) is 19.3. The number of fused-ring (bicyclic) bond motifs is 1. The molecule has 0 aliphatic carbocycles. The van der Waals surface area contributed by atoms with E-state index in [1.807, 2.05) is 66.9 Å². The second kappa shape index (κ2) is 8.10. The van der Waals surface area contributed by atoms with Gasteiger partial charge in [-0.3, -0.25) is 15.1 Å². The molecule has 0 bridgehead atoms. The van der Waals surface area contributed by atoms with Gasteiger partial charge in [-0.1, -0.05) is 54.2 Å². The summed E-state index contributed by atoms with van der Waals surface area (Å²) in [6.07, 6.45) is 3.61. The number of nitrogens with one attached hydrogen (secondary N) is 1. The van der Waals surface area contributed by atoms with E-state index in [1.54, 1.807) is 30.1 Å². The maximum atomic E-state index is 11.4. The number of anilines is 1. The average molecular weight is 387 g/mol. The minimum absolute atomic E-state index is 0.0717. The van der Waals surface area contributed by atoms with Gasteiger partial charge in [-0.2, -0.15) is 0 Å². The van der Waals surface area contributed by atoms with Crippen molar-refractivity contribution in [1.82, 2.24) is 4.98 Å². The highest BCUT2D eigenvalue weighted by atomic mass is 32.2. The first-order valence-corrected chi connectivity index (χ1v) is 9.59. The van der Waals surface area contributed by atoms with E-state index in [0.717, 1.165) is 26.1 Å². The summed E-state index contributed by atoms with van der Waals surface area (Å²) < 4.78 is 0. The summed E-state index contributed by atoms with van der Waals surface area (Å²) in [4.78, 5) is 17.3. The summed E-state index contributed by atoms with van der Waals surface area (Å²) in [6, 6.07) is 23.1. The van der Waals surface area contributed by atoms with E-state index in [1.165, 1.54) is 0 Å². The third-order valence-electron chi connectivity index (χ3n) is 4.36. The molecule has 1 aromatic heterocycles. The summed E-state index contributed by atoms with van der Waals surface area (Å²) in [5.74, 6) is 0. The molecule has 4 rings (SSSR count). The third kappa shape index (κ3) is 3.97. The molecule has 0 aliphatic rings. The largest absolute Gasteiger partial charge is 0.375 e. The SMILES string of the molecule is O=[N+]([O-])c1ccc(Sc2cccc3cnccc23)cc1NCc1ccccc1. The molecule has 0 aliphatic heterocycles. The molecule has 1 N–H and O–H groups in total. The zero-order valence-corrected chi connectivity index (χ0v) is 15.7. The fourth-order valence-corrected chi connectivity index (χ4v) is 3.99. The van der Waals surface area contributed by atoms with Crippen molar-refractivity contribution in [3.05, 3.63) is 101 Å². The van der Waals surface area contributed by atoms with Crippen molar-refractivity contribution in [3.63, 3.8) is 0 Å². The van der Waals surface area contributed by atoms with E-state index in [-0.39, 0.29) is 10.6 Å². The van der Waals surface area contributed by atoms with Crippen LogP contribution in [0.2, 0.25) is 0 Å². The number of nitro groups is 1. The van der Waals surface area contributed by atoms with Gasteiger partial charge in [0.1, 0.15) is 5.69 Å². The summed E-state index contributed by atoms with van der Waals surface area (Å²) in [7, 11) is 0. The van der Waals surface area contributed by atoms with Crippen molar-refractivity contribution in [3.8, 4) is 0 Å². The Morgan fingerprint density at radius 1 is 1.00 bits per heavy atom. The topological polar surface area (TPSA) is 68.1 Å². The lowest BCUT2D eigenvalue weighted by Gasteiger charge is -2.10. The van der Waals surface area contributed by atoms with Gasteiger partial charge >= 0.3 is 0 Å². The molecule has 0 fully saturated rings. The van der Waals surface area contributed by atoms with Crippen LogP contribution >= 0.6 is 11.8 Å². The second-order valence-corrected chi connectivity index (χ2v) is 7.35. The number of pyridine rings is 1. The molecule has 28 heavy (non-hydrogen) atoms. The van der Waals surface area contributed by atoms with Crippen molar-refractivity contribution in [2.45, 2.75) is 16.3 Å². The van der Waals surface area contributed by atoms with Crippen molar-refractivity contribution >= 4 is 33.9 Å². The molecule has 0 radical (unpaired) electrons. The number of nitrogens with zero attached hydrogens (tertiary/aromatic N) is 2. The number of nitro benzene ring substituents is 1. The van der Waals surface area contributed by atoms with E-state index in [4.69, 9.17) is 0 Å². The van der Waals surface area contributed by atoms with Crippen LogP contribution in [0.5, 0.6) is 0 Å².